The quantitative estimate of drug-likeness (QED) is 0.139. The smallest absolute Gasteiger partial charge is 0.331 e. The van der Waals surface area contributed by atoms with Gasteiger partial charge < -0.3 is 19.3 Å². The van der Waals surface area contributed by atoms with Crippen molar-refractivity contribution < 1.29 is 33.7 Å². The number of fused-ring (bicyclic) bond motifs is 7. The molecule has 0 heterocycles. The third-order valence-electron chi connectivity index (χ3n) is 15.5. The van der Waals surface area contributed by atoms with Crippen LogP contribution in [0.4, 0.5) is 0 Å². The van der Waals surface area contributed by atoms with Crippen molar-refractivity contribution in [3.05, 3.63) is 41.5 Å². The van der Waals surface area contributed by atoms with Gasteiger partial charge in [-0.2, -0.15) is 0 Å². The van der Waals surface area contributed by atoms with E-state index in [2.05, 4.69) is 54.5 Å². The van der Waals surface area contributed by atoms with E-state index in [1.807, 2.05) is 0 Å². The largest absolute Gasteiger partial charge is 0.493 e. The monoisotopic (exact) mass is 674 g/mol. The molecular weight excluding hydrogens is 616 g/mol. The Balaban J connectivity index is 1.22. The second-order valence-electron chi connectivity index (χ2n) is 17.7. The van der Waals surface area contributed by atoms with Gasteiger partial charge in [-0.15, -0.1) is 0 Å². The molecule has 6 rings (SSSR count). The van der Waals surface area contributed by atoms with Gasteiger partial charge in [0.25, 0.3) is 0 Å². The topological polar surface area (TPSA) is 99.1 Å². The summed E-state index contributed by atoms with van der Waals surface area (Å²) in [6.07, 6.45) is 14.1. The molecule has 1 aromatic rings. The van der Waals surface area contributed by atoms with Gasteiger partial charge in [0, 0.05) is 18.4 Å². The van der Waals surface area contributed by atoms with Crippen LogP contribution in [0.15, 0.2) is 35.9 Å². The van der Waals surface area contributed by atoms with Gasteiger partial charge in [-0.3, -0.25) is 9.59 Å². The molecule has 0 spiro atoms. The highest BCUT2D eigenvalue weighted by Gasteiger charge is 2.69. The standard InChI is InChI=1S/C42H58O7/c1-25-16-21-42(37(45)46)23-22-40(7)29(36(42)26(25)2)12-14-33-39(6)19-18-34(38(4,5)32(39)17-20-41(33,40)8)49-35(44)15-11-28-10-13-30(48-27(3)43)31(24-28)47-9/h10-13,15,24-26,32-34,36H,14,16-23H2,1-9H3,(H,45,46)/b15-11+/t25-,26+,32+,33-,34+,36-,39+,40-,41-,42+/m1/s1. The molecule has 5 aliphatic rings. The Morgan fingerprint density at radius 1 is 0.898 bits per heavy atom. The van der Waals surface area contributed by atoms with E-state index >= 15 is 0 Å². The van der Waals surface area contributed by atoms with Crippen molar-refractivity contribution in [3.8, 4) is 11.5 Å². The summed E-state index contributed by atoms with van der Waals surface area (Å²) >= 11 is 0. The van der Waals surface area contributed by atoms with Gasteiger partial charge in [-0.05, 0) is 127 Å². The Morgan fingerprint density at radius 3 is 2.31 bits per heavy atom. The van der Waals surface area contributed by atoms with Crippen molar-refractivity contribution in [2.75, 3.05) is 7.11 Å². The van der Waals surface area contributed by atoms with Crippen molar-refractivity contribution in [2.45, 2.75) is 119 Å². The van der Waals surface area contributed by atoms with Crippen LogP contribution in [0.1, 0.15) is 119 Å². The van der Waals surface area contributed by atoms with E-state index in [0.29, 0.717) is 35.2 Å². The van der Waals surface area contributed by atoms with E-state index in [-0.39, 0.29) is 39.7 Å². The molecule has 0 radical (unpaired) electrons. The summed E-state index contributed by atoms with van der Waals surface area (Å²) in [5, 5.41) is 10.7. The number of esters is 2. The first-order valence-corrected chi connectivity index (χ1v) is 18.6. The van der Waals surface area contributed by atoms with Crippen molar-refractivity contribution in [1.82, 2.24) is 0 Å². The van der Waals surface area contributed by atoms with E-state index in [0.717, 1.165) is 63.4 Å². The van der Waals surface area contributed by atoms with Crippen molar-refractivity contribution in [3.63, 3.8) is 0 Å². The minimum Gasteiger partial charge on any atom is -0.493 e. The van der Waals surface area contributed by atoms with E-state index in [9.17, 15) is 19.5 Å². The lowest BCUT2D eigenvalue weighted by Crippen LogP contribution is -2.65. The first-order chi connectivity index (χ1) is 22.9. The number of benzene rings is 1. The molecule has 7 nitrogen and oxygen atoms in total. The summed E-state index contributed by atoms with van der Waals surface area (Å²) < 4.78 is 16.8. The molecule has 0 unspecified atom stereocenters. The molecule has 0 aliphatic heterocycles. The number of methoxy groups -OCH3 is 1. The molecule has 268 valence electrons. The minimum atomic E-state index is -0.626. The zero-order chi connectivity index (χ0) is 35.7. The molecule has 0 bridgehead atoms. The molecular formula is C42H58O7. The molecule has 4 fully saturated rings. The highest BCUT2D eigenvalue weighted by molar-refractivity contribution is 5.87. The van der Waals surface area contributed by atoms with Crippen molar-refractivity contribution in [1.29, 1.82) is 0 Å². The number of rotatable bonds is 6. The third-order valence-corrected chi connectivity index (χ3v) is 15.5. The fourth-order valence-electron chi connectivity index (χ4n) is 12.4. The molecule has 4 saturated carbocycles. The number of carboxylic acids is 1. The van der Waals surface area contributed by atoms with Crippen LogP contribution in [0, 0.1) is 56.7 Å². The molecule has 0 amide bonds. The van der Waals surface area contributed by atoms with E-state index in [1.54, 1.807) is 24.3 Å². The van der Waals surface area contributed by atoms with Crippen molar-refractivity contribution >= 4 is 24.0 Å². The predicted molar refractivity (Wildman–Crippen MR) is 190 cm³/mol. The van der Waals surface area contributed by atoms with Crippen LogP contribution in [-0.2, 0) is 19.1 Å². The summed E-state index contributed by atoms with van der Waals surface area (Å²) in [7, 11) is 1.51. The highest BCUT2D eigenvalue weighted by Crippen LogP contribution is 2.75. The van der Waals surface area contributed by atoms with Gasteiger partial charge in [0.05, 0.1) is 12.5 Å². The first-order valence-electron chi connectivity index (χ1n) is 18.6. The van der Waals surface area contributed by atoms with Crippen LogP contribution in [0.2, 0.25) is 0 Å². The fraction of sp³-hybridized carbons (Fsp3) is 0.690. The van der Waals surface area contributed by atoms with Crippen LogP contribution < -0.4 is 9.47 Å². The number of hydrogen-bond acceptors (Lipinski definition) is 6. The maximum absolute atomic E-state index is 13.2. The minimum absolute atomic E-state index is 0.0177. The van der Waals surface area contributed by atoms with Crippen LogP contribution in [0.5, 0.6) is 11.5 Å². The molecule has 7 heteroatoms. The van der Waals surface area contributed by atoms with Gasteiger partial charge >= 0.3 is 17.9 Å². The lowest BCUT2D eigenvalue weighted by Gasteiger charge is -2.71. The first kappa shape index (κ1) is 35.7. The lowest BCUT2D eigenvalue weighted by atomic mass is 9.33. The molecule has 0 saturated heterocycles. The van der Waals surface area contributed by atoms with E-state index in [4.69, 9.17) is 14.2 Å². The number of allylic oxidation sites excluding steroid dienone is 2. The van der Waals surface area contributed by atoms with Gasteiger partial charge in [0.15, 0.2) is 11.5 Å². The summed E-state index contributed by atoms with van der Waals surface area (Å²) in [4.78, 5) is 37.7. The number of carbonyl (C=O) groups excluding carboxylic acids is 2. The second-order valence-corrected chi connectivity index (χ2v) is 17.7. The van der Waals surface area contributed by atoms with Crippen molar-refractivity contribution in [2.24, 2.45) is 56.7 Å². The SMILES string of the molecule is COc1cc(/C=C/C(=O)O[C@H]2CC[C@]3(C)[C@H]4CC=C5[C@H]6[C@@H](C)[C@H](C)CC[C@]6(C(=O)O)CC[C@@]5(C)[C@]4(C)CC[C@H]3C2(C)C)ccc1OC(C)=O. The number of aliphatic carboxylic acids is 1. The number of hydrogen-bond donors (Lipinski definition) is 1. The summed E-state index contributed by atoms with van der Waals surface area (Å²) in [6.45, 7) is 18.2. The molecule has 1 aromatic carbocycles. The average Bonchev–Trinajstić information content (AvgIpc) is 3.03. The highest BCUT2D eigenvalue weighted by atomic mass is 16.6. The van der Waals surface area contributed by atoms with Crippen LogP contribution >= 0.6 is 0 Å². The Morgan fingerprint density at radius 2 is 1.63 bits per heavy atom. The third kappa shape index (κ3) is 5.39. The normalized spacial score (nSPS) is 40.9. The fourth-order valence-corrected chi connectivity index (χ4v) is 12.4. The molecule has 0 aromatic heterocycles. The average molecular weight is 675 g/mol. The van der Waals surface area contributed by atoms with Crippen LogP contribution in [0.25, 0.3) is 6.08 Å². The Hall–Kier alpha value is -3.09. The zero-order valence-corrected chi connectivity index (χ0v) is 31.2. The second kappa shape index (κ2) is 12.3. The number of carbonyl (C=O) groups is 3. The molecule has 5 aliphatic carbocycles. The predicted octanol–water partition coefficient (Wildman–Crippen LogP) is 9.29. The number of ether oxygens (including phenoxy) is 3. The van der Waals surface area contributed by atoms with Gasteiger partial charge in [0.1, 0.15) is 6.10 Å². The lowest BCUT2D eigenvalue weighted by molar-refractivity contribution is -0.213. The Kier molecular flexibility index (Phi) is 8.97. The zero-order valence-electron chi connectivity index (χ0n) is 31.2. The maximum Gasteiger partial charge on any atom is 0.331 e. The maximum atomic E-state index is 13.2. The van der Waals surface area contributed by atoms with E-state index < -0.39 is 17.4 Å². The summed E-state index contributed by atoms with van der Waals surface area (Å²) in [5.41, 5.74) is 1.54. The van der Waals surface area contributed by atoms with Gasteiger partial charge in [0.2, 0.25) is 0 Å². The van der Waals surface area contributed by atoms with Gasteiger partial charge in [-0.25, -0.2) is 4.79 Å². The van der Waals surface area contributed by atoms with Gasteiger partial charge in [-0.1, -0.05) is 66.2 Å². The Bertz CT molecular complexity index is 1570. The molecule has 10 atom stereocenters. The summed E-state index contributed by atoms with van der Waals surface area (Å²) in [6, 6.07) is 5.15. The number of carboxylic acid groups (broad SMARTS) is 1. The van der Waals surface area contributed by atoms with Crippen LogP contribution in [-0.4, -0.2) is 36.2 Å². The molecule has 49 heavy (non-hydrogen) atoms. The summed E-state index contributed by atoms with van der Waals surface area (Å²) in [5.74, 6) is 1.28. The van der Waals surface area contributed by atoms with E-state index in [1.165, 1.54) is 25.7 Å². The molecule has 1 N–H and O–H groups in total. The van der Waals surface area contributed by atoms with Crippen LogP contribution in [0.3, 0.4) is 0 Å². The Labute approximate surface area is 293 Å².